The number of nitrogens with one attached hydrogen (secondary N) is 1. The van der Waals surface area contributed by atoms with Crippen LogP contribution in [0, 0.1) is 5.92 Å². The number of ether oxygens (including phenoxy) is 2. The molecular weight excluding hydrogens is 448 g/mol. The Labute approximate surface area is 203 Å². The number of nitrogens with zero attached hydrogens (tertiary/aromatic N) is 1. The molecule has 8 heteroatoms. The summed E-state index contributed by atoms with van der Waals surface area (Å²) in [6.07, 6.45) is 0.856. The lowest BCUT2D eigenvalue weighted by Crippen LogP contribution is -2.66. The first-order valence-corrected chi connectivity index (χ1v) is 12.2. The van der Waals surface area contributed by atoms with Gasteiger partial charge in [0.2, 0.25) is 5.91 Å². The molecule has 7 rings (SSSR count). The topological polar surface area (TPSA) is 105 Å². The van der Waals surface area contributed by atoms with Gasteiger partial charge in [0.1, 0.15) is 17.7 Å². The first-order chi connectivity index (χ1) is 16.9. The average molecular weight is 477 g/mol. The molecule has 0 spiro atoms. The Bertz CT molecular complexity index is 1150. The number of carboxylic acids is 1. The Hall–Kier alpha value is -3.39. The largest absolute Gasteiger partial charge is 0.479 e. The van der Waals surface area contributed by atoms with Gasteiger partial charge in [-0.1, -0.05) is 48.5 Å². The van der Waals surface area contributed by atoms with Crippen molar-refractivity contribution in [1.29, 1.82) is 0 Å². The normalized spacial score (nSPS) is 25.8. The van der Waals surface area contributed by atoms with Gasteiger partial charge in [0, 0.05) is 38.5 Å². The van der Waals surface area contributed by atoms with E-state index in [1.807, 2.05) is 24.3 Å². The highest BCUT2D eigenvalue weighted by molar-refractivity contribution is 5.96. The molecule has 2 aromatic carbocycles. The third kappa shape index (κ3) is 3.34. The zero-order valence-electron chi connectivity index (χ0n) is 19.4. The second-order valence-corrected chi connectivity index (χ2v) is 10.2. The first kappa shape index (κ1) is 22.1. The molecule has 0 radical (unpaired) electrons. The number of carbonyl (C=O) groups excluding carboxylic acids is 2. The number of benzene rings is 2. The number of hydrogen-bond donors (Lipinski definition) is 2. The SMILES string of the molecule is O=C(NC1(C(=O)N2CC3CC2(C(=O)O)C3)CCOCC1)OCC1c2ccccc2-c2ccccc21. The second-order valence-electron chi connectivity index (χ2n) is 10.2. The molecule has 2 amide bonds. The number of fused-ring (bicyclic) bond motifs is 4. The van der Waals surface area contributed by atoms with Crippen molar-refractivity contribution in [3.63, 3.8) is 0 Å². The van der Waals surface area contributed by atoms with E-state index in [9.17, 15) is 19.5 Å². The Morgan fingerprint density at radius 2 is 1.60 bits per heavy atom. The summed E-state index contributed by atoms with van der Waals surface area (Å²) in [5.41, 5.74) is 2.13. The molecular formula is C27H28N2O6. The Morgan fingerprint density at radius 3 is 2.20 bits per heavy atom. The summed E-state index contributed by atoms with van der Waals surface area (Å²) >= 11 is 0. The number of carbonyl (C=O) groups is 3. The van der Waals surface area contributed by atoms with Gasteiger partial charge < -0.3 is 24.8 Å². The van der Waals surface area contributed by atoms with Crippen LogP contribution in [0.4, 0.5) is 4.79 Å². The van der Waals surface area contributed by atoms with Gasteiger partial charge >= 0.3 is 12.1 Å². The van der Waals surface area contributed by atoms with E-state index in [0.29, 0.717) is 32.6 Å². The molecule has 2 N–H and O–H groups in total. The molecule has 8 nitrogen and oxygen atoms in total. The van der Waals surface area contributed by atoms with Crippen LogP contribution in [0.15, 0.2) is 48.5 Å². The van der Waals surface area contributed by atoms with Gasteiger partial charge in [-0.15, -0.1) is 0 Å². The molecule has 3 aliphatic heterocycles. The quantitative estimate of drug-likeness (QED) is 0.687. The molecule has 0 aromatic heterocycles. The molecule has 2 bridgehead atoms. The molecule has 2 aliphatic carbocycles. The standard InChI is InChI=1S/C27H28N2O6/c30-23(29-15-17-13-27(29,14-17)24(31)32)26(9-11-34-12-10-26)28-25(33)35-16-22-20-7-3-1-5-18(20)19-6-2-4-8-21(19)22/h1-8,17,22H,9-16H2,(H,28,33)(H,31,32). The van der Waals surface area contributed by atoms with Crippen molar-refractivity contribution in [2.75, 3.05) is 26.4 Å². The fraction of sp³-hybridized carbons (Fsp3) is 0.444. The molecule has 3 saturated heterocycles. The van der Waals surface area contributed by atoms with Gasteiger partial charge in [-0.3, -0.25) is 4.79 Å². The van der Waals surface area contributed by atoms with Crippen LogP contribution in [0.5, 0.6) is 0 Å². The summed E-state index contributed by atoms with van der Waals surface area (Å²) in [7, 11) is 0. The zero-order chi connectivity index (χ0) is 24.2. The van der Waals surface area contributed by atoms with Crippen LogP contribution in [-0.2, 0) is 19.1 Å². The minimum atomic E-state index is -1.22. The number of carboxylic acid groups (broad SMARTS) is 1. The zero-order valence-corrected chi connectivity index (χ0v) is 19.4. The van der Waals surface area contributed by atoms with Gasteiger partial charge in [0.25, 0.3) is 0 Å². The van der Waals surface area contributed by atoms with Crippen LogP contribution in [-0.4, -0.2) is 65.4 Å². The lowest BCUT2D eigenvalue weighted by atomic mass is 9.73. The third-order valence-corrected chi connectivity index (χ3v) is 8.29. The van der Waals surface area contributed by atoms with Crippen LogP contribution in [0.1, 0.15) is 42.7 Å². The van der Waals surface area contributed by atoms with Crippen molar-refractivity contribution < 1.29 is 29.0 Å². The van der Waals surface area contributed by atoms with Crippen molar-refractivity contribution in [3.05, 3.63) is 59.7 Å². The van der Waals surface area contributed by atoms with Gasteiger partial charge in [-0.25, -0.2) is 9.59 Å². The monoisotopic (exact) mass is 476 g/mol. The van der Waals surface area contributed by atoms with Crippen LogP contribution in [0.25, 0.3) is 11.1 Å². The summed E-state index contributed by atoms with van der Waals surface area (Å²) in [6, 6.07) is 16.2. The highest BCUT2D eigenvalue weighted by atomic mass is 16.5. The van der Waals surface area contributed by atoms with Crippen molar-refractivity contribution in [2.24, 2.45) is 5.92 Å². The molecule has 35 heavy (non-hydrogen) atoms. The van der Waals surface area contributed by atoms with Crippen molar-refractivity contribution in [2.45, 2.75) is 42.7 Å². The van der Waals surface area contributed by atoms with Crippen LogP contribution in [0.2, 0.25) is 0 Å². The second kappa shape index (κ2) is 8.09. The predicted molar refractivity (Wildman–Crippen MR) is 126 cm³/mol. The van der Waals surface area contributed by atoms with Crippen molar-refractivity contribution >= 4 is 18.0 Å². The summed E-state index contributed by atoms with van der Waals surface area (Å²) in [6.45, 7) is 1.19. The van der Waals surface area contributed by atoms with E-state index in [2.05, 4.69) is 29.6 Å². The molecule has 4 fully saturated rings. The van der Waals surface area contributed by atoms with Crippen molar-refractivity contribution in [3.8, 4) is 11.1 Å². The number of amides is 2. The minimum Gasteiger partial charge on any atom is -0.479 e. The van der Waals surface area contributed by atoms with Gasteiger partial charge in [0.05, 0.1) is 0 Å². The molecule has 0 unspecified atom stereocenters. The van der Waals surface area contributed by atoms with Gasteiger partial charge in [-0.2, -0.15) is 0 Å². The Kier molecular flexibility index (Phi) is 5.11. The highest BCUT2D eigenvalue weighted by Crippen LogP contribution is 2.52. The lowest BCUT2D eigenvalue weighted by molar-refractivity contribution is -0.162. The number of alkyl carbamates (subject to hydrolysis) is 1. The summed E-state index contributed by atoms with van der Waals surface area (Å²) in [4.78, 5) is 40.3. The van der Waals surface area contributed by atoms with Crippen LogP contribution in [0.3, 0.4) is 0 Å². The molecule has 182 valence electrons. The fourth-order valence-electron chi connectivity index (χ4n) is 6.45. The molecule has 3 heterocycles. The number of hydrogen-bond acceptors (Lipinski definition) is 5. The average Bonchev–Trinajstić information content (AvgIpc) is 3.51. The van der Waals surface area contributed by atoms with Gasteiger partial charge in [0.15, 0.2) is 0 Å². The van der Waals surface area contributed by atoms with E-state index >= 15 is 0 Å². The summed E-state index contributed by atoms with van der Waals surface area (Å²) < 4.78 is 11.2. The third-order valence-electron chi connectivity index (χ3n) is 8.29. The fourth-order valence-corrected chi connectivity index (χ4v) is 6.45. The van der Waals surface area contributed by atoms with Crippen LogP contribution < -0.4 is 5.32 Å². The van der Waals surface area contributed by atoms with E-state index in [0.717, 1.165) is 22.3 Å². The molecule has 2 aromatic rings. The highest BCUT2D eigenvalue weighted by Gasteiger charge is 2.65. The summed E-state index contributed by atoms with van der Waals surface area (Å²) in [5, 5.41) is 12.7. The van der Waals surface area contributed by atoms with Crippen LogP contribution >= 0.6 is 0 Å². The number of rotatable bonds is 5. The van der Waals surface area contributed by atoms with E-state index in [1.54, 1.807) is 0 Å². The molecule has 1 saturated carbocycles. The predicted octanol–water partition coefficient (Wildman–Crippen LogP) is 3.15. The molecule has 0 atom stereocenters. The van der Waals surface area contributed by atoms with E-state index in [-0.39, 0.29) is 37.2 Å². The maximum Gasteiger partial charge on any atom is 0.408 e. The Morgan fingerprint density at radius 1 is 1.00 bits per heavy atom. The van der Waals surface area contributed by atoms with Gasteiger partial charge in [-0.05, 0) is 41.0 Å². The number of aliphatic carboxylic acids is 1. The summed E-state index contributed by atoms with van der Waals surface area (Å²) in [5.74, 6) is -1.18. The van der Waals surface area contributed by atoms with E-state index in [4.69, 9.17) is 9.47 Å². The molecule has 5 aliphatic rings. The smallest absolute Gasteiger partial charge is 0.408 e. The maximum atomic E-state index is 13.7. The van der Waals surface area contributed by atoms with E-state index < -0.39 is 23.1 Å². The van der Waals surface area contributed by atoms with E-state index in [1.165, 1.54) is 4.90 Å². The lowest BCUT2D eigenvalue weighted by Gasteiger charge is -2.43. The Balaban J connectivity index is 1.20. The van der Waals surface area contributed by atoms with Crippen molar-refractivity contribution in [1.82, 2.24) is 10.2 Å². The first-order valence-electron chi connectivity index (χ1n) is 12.2. The minimum absolute atomic E-state index is 0.0874. The maximum absolute atomic E-state index is 13.7.